The largest absolute Gasteiger partial charge is 0.383 e. The number of hydrogen-bond donors (Lipinski definition) is 1. The van der Waals surface area contributed by atoms with Gasteiger partial charge in [0, 0.05) is 19.2 Å². The van der Waals surface area contributed by atoms with Gasteiger partial charge in [-0.1, -0.05) is 35.9 Å². The third-order valence-corrected chi connectivity index (χ3v) is 4.74. The fourth-order valence-corrected chi connectivity index (χ4v) is 2.96. The number of ether oxygens (including phenoxy) is 1. The van der Waals surface area contributed by atoms with E-state index >= 15 is 0 Å². The zero-order chi connectivity index (χ0) is 19.4. The molecule has 3 rings (SSSR count). The van der Waals surface area contributed by atoms with Gasteiger partial charge in [-0.3, -0.25) is 4.79 Å². The summed E-state index contributed by atoms with van der Waals surface area (Å²) in [6.45, 7) is 4.98. The first-order valence-electron chi connectivity index (χ1n) is 8.71. The number of para-hydroxylation sites is 1. The Labute approximate surface area is 163 Å². The third-order valence-electron chi connectivity index (χ3n) is 4.42. The van der Waals surface area contributed by atoms with Gasteiger partial charge < -0.3 is 10.1 Å². The van der Waals surface area contributed by atoms with E-state index in [1.165, 1.54) is 11.1 Å². The summed E-state index contributed by atoms with van der Waals surface area (Å²) in [6, 6.07) is 15.2. The summed E-state index contributed by atoms with van der Waals surface area (Å²) in [4.78, 5) is 12.7. The molecule has 0 atom stereocenters. The van der Waals surface area contributed by atoms with Crippen LogP contribution in [0.1, 0.15) is 21.6 Å². The lowest BCUT2D eigenvalue weighted by Gasteiger charge is -2.09. The van der Waals surface area contributed by atoms with Gasteiger partial charge in [0.15, 0.2) is 0 Å². The van der Waals surface area contributed by atoms with Crippen molar-refractivity contribution in [2.45, 2.75) is 13.8 Å². The molecule has 0 saturated heterocycles. The van der Waals surface area contributed by atoms with Crippen LogP contribution >= 0.6 is 11.6 Å². The highest BCUT2D eigenvalue weighted by Crippen LogP contribution is 2.26. The minimum Gasteiger partial charge on any atom is -0.383 e. The van der Waals surface area contributed by atoms with Crippen LogP contribution in [-0.4, -0.2) is 35.9 Å². The van der Waals surface area contributed by atoms with Crippen LogP contribution in [0.2, 0.25) is 5.02 Å². The van der Waals surface area contributed by atoms with E-state index in [1.807, 2.05) is 24.3 Å². The van der Waals surface area contributed by atoms with Crippen molar-refractivity contribution in [2.24, 2.45) is 0 Å². The SMILES string of the molecule is COCCNC(=O)c1cc(-c2ccc(C)c(C)c2)nn1-c1ccccc1Cl. The number of aromatic nitrogens is 2. The zero-order valence-electron chi connectivity index (χ0n) is 15.6. The topological polar surface area (TPSA) is 56.1 Å². The Balaban J connectivity index is 2.07. The summed E-state index contributed by atoms with van der Waals surface area (Å²) in [7, 11) is 1.60. The van der Waals surface area contributed by atoms with E-state index in [1.54, 1.807) is 23.9 Å². The van der Waals surface area contributed by atoms with Gasteiger partial charge in [-0.15, -0.1) is 0 Å². The Morgan fingerprint density at radius 1 is 1.15 bits per heavy atom. The lowest BCUT2D eigenvalue weighted by atomic mass is 10.0. The summed E-state index contributed by atoms with van der Waals surface area (Å²) in [6.07, 6.45) is 0. The van der Waals surface area contributed by atoms with E-state index in [0.29, 0.717) is 29.6 Å². The molecule has 2 aromatic carbocycles. The molecule has 0 aliphatic heterocycles. The van der Waals surface area contributed by atoms with Crippen molar-refractivity contribution >= 4 is 17.5 Å². The molecule has 0 radical (unpaired) electrons. The highest BCUT2D eigenvalue weighted by atomic mass is 35.5. The molecule has 1 heterocycles. The van der Waals surface area contributed by atoms with Crippen LogP contribution in [0.15, 0.2) is 48.5 Å². The highest BCUT2D eigenvalue weighted by molar-refractivity contribution is 6.32. The third kappa shape index (κ3) is 4.21. The van der Waals surface area contributed by atoms with E-state index in [-0.39, 0.29) is 5.91 Å². The number of aryl methyl sites for hydroxylation is 2. The Morgan fingerprint density at radius 3 is 2.63 bits per heavy atom. The number of benzene rings is 2. The molecule has 140 valence electrons. The Hall–Kier alpha value is -2.63. The van der Waals surface area contributed by atoms with Crippen LogP contribution in [-0.2, 0) is 4.74 Å². The molecule has 1 aromatic heterocycles. The maximum Gasteiger partial charge on any atom is 0.270 e. The molecule has 0 aliphatic rings. The molecular formula is C21H22ClN3O2. The number of hydrogen-bond acceptors (Lipinski definition) is 3. The van der Waals surface area contributed by atoms with Crippen molar-refractivity contribution in [2.75, 3.05) is 20.3 Å². The average molecular weight is 384 g/mol. The minimum atomic E-state index is -0.227. The van der Waals surface area contributed by atoms with E-state index in [4.69, 9.17) is 16.3 Å². The quantitative estimate of drug-likeness (QED) is 0.649. The molecule has 1 amide bonds. The van der Waals surface area contributed by atoms with Crippen LogP contribution in [0.25, 0.3) is 16.9 Å². The van der Waals surface area contributed by atoms with Crippen LogP contribution < -0.4 is 5.32 Å². The number of rotatable bonds is 6. The molecule has 27 heavy (non-hydrogen) atoms. The molecule has 0 saturated carbocycles. The van der Waals surface area contributed by atoms with E-state index < -0.39 is 0 Å². The highest BCUT2D eigenvalue weighted by Gasteiger charge is 2.19. The zero-order valence-corrected chi connectivity index (χ0v) is 16.4. The first kappa shape index (κ1) is 19.1. The Bertz CT molecular complexity index is 966. The van der Waals surface area contributed by atoms with Gasteiger partial charge in [0.2, 0.25) is 0 Å². The molecule has 6 heteroatoms. The normalized spacial score (nSPS) is 10.8. The molecule has 5 nitrogen and oxygen atoms in total. The van der Waals surface area contributed by atoms with Gasteiger partial charge in [0.25, 0.3) is 5.91 Å². The summed E-state index contributed by atoms with van der Waals surface area (Å²) < 4.78 is 6.59. The fourth-order valence-electron chi connectivity index (χ4n) is 2.75. The molecule has 0 aliphatic carbocycles. The standard InChI is InChI=1S/C21H22ClN3O2/c1-14-8-9-16(12-15(14)2)18-13-20(21(26)23-10-11-27-3)25(24-18)19-7-5-4-6-17(19)22/h4-9,12-13H,10-11H2,1-3H3,(H,23,26). The molecule has 1 N–H and O–H groups in total. The van der Waals surface area contributed by atoms with Gasteiger partial charge in [-0.05, 0) is 49.2 Å². The molecule has 0 fully saturated rings. The fraction of sp³-hybridized carbons (Fsp3) is 0.238. The van der Waals surface area contributed by atoms with Crippen molar-refractivity contribution < 1.29 is 9.53 Å². The monoisotopic (exact) mass is 383 g/mol. The van der Waals surface area contributed by atoms with E-state index in [9.17, 15) is 4.79 Å². The van der Waals surface area contributed by atoms with Gasteiger partial charge in [0.1, 0.15) is 5.69 Å². The number of nitrogens with zero attached hydrogens (tertiary/aromatic N) is 2. The molecule has 3 aromatic rings. The predicted octanol–water partition coefficient (Wildman–Crippen LogP) is 4.19. The second-order valence-corrected chi connectivity index (χ2v) is 6.73. The summed E-state index contributed by atoms with van der Waals surface area (Å²) in [5.74, 6) is -0.227. The smallest absolute Gasteiger partial charge is 0.270 e. The number of halogens is 1. The van der Waals surface area contributed by atoms with Crippen LogP contribution in [0.5, 0.6) is 0 Å². The predicted molar refractivity (Wildman–Crippen MR) is 108 cm³/mol. The van der Waals surface area contributed by atoms with Crippen molar-refractivity contribution in [3.63, 3.8) is 0 Å². The maximum atomic E-state index is 12.7. The van der Waals surface area contributed by atoms with Crippen LogP contribution in [0, 0.1) is 13.8 Å². The Kier molecular flexibility index (Phi) is 5.94. The minimum absolute atomic E-state index is 0.227. The molecule has 0 unspecified atom stereocenters. The first-order chi connectivity index (χ1) is 13.0. The van der Waals surface area contributed by atoms with Crippen molar-refractivity contribution in [1.29, 1.82) is 0 Å². The second-order valence-electron chi connectivity index (χ2n) is 6.33. The average Bonchev–Trinajstić information content (AvgIpc) is 3.10. The van der Waals surface area contributed by atoms with Gasteiger partial charge in [0.05, 0.1) is 23.0 Å². The van der Waals surface area contributed by atoms with Crippen LogP contribution in [0.3, 0.4) is 0 Å². The van der Waals surface area contributed by atoms with Gasteiger partial charge >= 0.3 is 0 Å². The molecule has 0 spiro atoms. The van der Waals surface area contributed by atoms with Gasteiger partial charge in [-0.25, -0.2) is 4.68 Å². The first-order valence-corrected chi connectivity index (χ1v) is 9.09. The summed E-state index contributed by atoms with van der Waals surface area (Å²) in [5, 5.41) is 8.04. The number of amides is 1. The van der Waals surface area contributed by atoms with Crippen molar-refractivity contribution in [3.05, 3.63) is 70.4 Å². The number of methoxy groups -OCH3 is 1. The van der Waals surface area contributed by atoms with Crippen molar-refractivity contribution in [1.82, 2.24) is 15.1 Å². The van der Waals surface area contributed by atoms with E-state index in [2.05, 4.69) is 36.4 Å². The molecule has 0 bridgehead atoms. The number of nitrogens with one attached hydrogen (secondary N) is 1. The van der Waals surface area contributed by atoms with Gasteiger partial charge in [-0.2, -0.15) is 5.10 Å². The lowest BCUT2D eigenvalue weighted by Crippen LogP contribution is -2.28. The summed E-state index contributed by atoms with van der Waals surface area (Å²) >= 11 is 6.35. The Morgan fingerprint density at radius 2 is 1.93 bits per heavy atom. The summed E-state index contributed by atoms with van der Waals surface area (Å²) in [5.41, 5.74) is 5.14. The number of carbonyl (C=O) groups excluding carboxylic acids is 1. The molecular weight excluding hydrogens is 362 g/mol. The lowest BCUT2D eigenvalue weighted by molar-refractivity contribution is 0.0929. The number of carbonyl (C=O) groups is 1. The maximum absolute atomic E-state index is 12.7. The van der Waals surface area contributed by atoms with Crippen LogP contribution in [0.4, 0.5) is 0 Å². The van der Waals surface area contributed by atoms with Crippen molar-refractivity contribution in [3.8, 4) is 16.9 Å². The van der Waals surface area contributed by atoms with E-state index in [0.717, 1.165) is 11.3 Å². The second kappa shape index (κ2) is 8.37.